The lowest BCUT2D eigenvalue weighted by Crippen LogP contribution is -2.39. The van der Waals surface area contributed by atoms with Crippen LogP contribution in [0, 0.1) is 24.4 Å². The number of sulfonamides is 2. The van der Waals surface area contributed by atoms with Crippen LogP contribution in [0.2, 0.25) is 10.0 Å². The lowest BCUT2D eigenvalue weighted by molar-refractivity contribution is -0.137. The SMILES string of the molecule is Cc1c(F)c(F)c(Cl)c(S(=O)(=O)N(Cc2ccc3c(c2)CCCC3NC(=O)CC(C)NS(=O)(=O)c2cc(C(F)(F)F)ccc2Cl)C2CCCC2)c1F. The van der Waals surface area contributed by atoms with Gasteiger partial charge in [-0.25, -0.2) is 34.7 Å². The van der Waals surface area contributed by atoms with Gasteiger partial charge in [-0.15, -0.1) is 0 Å². The van der Waals surface area contributed by atoms with Gasteiger partial charge in [-0.1, -0.05) is 54.2 Å². The Bertz CT molecular complexity index is 2070. The number of fused-ring (bicyclic) bond motifs is 1. The molecule has 284 valence electrons. The van der Waals surface area contributed by atoms with E-state index in [-0.39, 0.29) is 13.0 Å². The van der Waals surface area contributed by atoms with E-state index in [1.165, 1.54) is 6.92 Å². The number of amides is 1. The molecule has 2 aliphatic carbocycles. The topological polar surface area (TPSA) is 113 Å². The van der Waals surface area contributed by atoms with Crippen molar-refractivity contribution in [2.45, 2.75) is 106 Å². The highest BCUT2D eigenvalue weighted by Gasteiger charge is 2.39. The maximum absolute atomic E-state index is 15.3. The Hall–Kier alpha value is -2.89. The Morgan fingerprint density at radius 3 is 2.27 bits per heavy atom. The lowest BCUT2D eigenvalue weighted by Gasteiger charge is -2.31. The van der Waals surface area contributed by atoms with Crippen molar-refractivity contribution in [3.63, 3.8) is 0 Å². The molecular weight excluding hydrogens is 779 g/mol. The molecule has 0 aromatic heterocycles. The molecule has 0 radical (unpaired) electrons. The molecule has 0 saturated heterocycles. The van der Waals surface area contributed by atoms with Crippen LogP contribution in [-0.2, 0) is 44.0 Å². The van der Waals surface area contributed by atoms with Gasteiger partial charge in [0.25, 0.3) is 0 Å². The fraction of sp³-hybridized carbons (Fsp3) is 0.441. The molecule has 0 bridgehead atoms. The number of hydrogen-bond acceptors (Lipinski definition) is 5. The van der Waals surface area contributed by atoms with Crippen LogP contribution in [0.15, 0.2) is 46.2 Å². The second kappa shape index (κ2) is 15.5. The Kier molecular flexibility index (Phi) is 12.0. The average Bonchev–Trinajstić information content (AvgIpc) is 3.59. The summed E-state index contributed by atoms with van der Waals surface area (Å²) in [7, 11) is -9.28. The van der Waals surface area contributed by atoms with Gasteiger partial charge in [0.1, 0.15) is 14.8 Å². The quantitative estimate of drug-likeness (QED) is 0.115. The summed E-state index contributed by atoms with van der Waals surface area (Å²) in [5.41, 5.74) is 0.0758. The van der Waals surface area contributed by atoms with Crippen molar-refractivity contribution in [1.82, 2.24) is 14.3 Å². The van der Waals surface area contributed by atoms with E-state index in [4.69, 9.17) is 23.2 Å². The number of halogens is 8. The summed E-state index contributed by atoms with van der Waals surface area (Å²) in [6.07, 6.45) is -1.02. The molecule has 0 aliphatic heterocycles. The van der Waals surface area contributed by atoms with Crippen LogP contribution in [0.1, 0.15) is 85.7 Å². The molecule has 52 heavy (non-hydrogen) atoms. The van der Waals surface area contributed by atoms with Gasteiger partial charge in [-0.2, -0.15) is 17.5 Å². The first-order chi connectivity index (χ1) is 24.2. The van der Waals surface area contributed by atoms with Crippen molar-refractivity contribution in [2.24, 2.45) is 0 Å². The van der Waals surface area contributed by atoms with Gasteiger partial charge >= 0.3 is 6.18 Å². The number of nitrogens with one attached hydrogen (secondary N) is 2. The van der Waals surface area contributed by atoms with E-state index in [1.54, 1.807) is 18.2 Å². The normalized spacial score (nSPS) is 17.7. The first-order valence-corrected chi connectivity index (χ1v) is 20.0. The van der Waals surface area contributed by atoms with Crippen molar-refractivity contribution < 1.29 is 48.0 Å². The number of nitrogens with zero attached hydrogens (tertiary/aromatic N) is 1. The van der Waals surface area contributed by atoms with Gasteiger partial charge in [0.05, 0.1) is 16.6 Å². The number of carbonyl (C=O) groups excluding carboxylic acids is 1. The van der Waals surface area contributed by atoms with Crippen LogP contribution in [0.4, 0.5) is 26.3 Å². The highest BCUT2D eigenvalue weighted by atomic mass is 35.5. The van der Waals surface area contributed by atoms with E-state index in [0.29, 0.717) is 62.6 Å². The Morgan fingerprint density at radius 2 is 1.62 bits per heavy atom. The first-order valence-electron chi connectivity index (χ1n) is 16.4. The zero-order chi connectivity index (χ0) is 38.3. The summed E-state index contributed by atoms with van der Waals surface area (Å²) < 4.78 is 141. The van der Waals surface area contributed by atoms with E-state index in [0.717, 1.165) is 28.4 Å². The fourth-order valence-corrected chi connectivity index (χ4v) is 10.8. The van der Waals surface area contributed by atoms with E-state index >= 15 is 4.39 Å². The van der Waals surface area contributed by atoms with Gasteiger partial charge in [0.15, 0.2) is 17.5 Å². The number of hydrogen-bond donors (Lipinski definition) is 2. The predicted molar refractivity (Wildman–Crippen MR) is 182 cm³/mol. The zero-order valence-corrected chi connectivity index (χ0v) is 31.0. The van der Waals surface area contributed by atoms with Crippen LogP contribution < -0.4 is 10.0 Å². The molecule has 2 N–H and O–H groups in total. The van der Waals surface area contributed by atoms with Crippen LogP contribution in [0.25, 0.3) is 0 Å². The van der Waals surface area contributed by atoms with Gasteiger partial charge in [0.2, 0.25) is 26.0 Å². The molecule has 8 nitrogen and oxygen atoms in total. The molecule has 3 aromatic carbocycles. The Morgan fingerprint density at radius 1 is 0.942 bits per heavy atom. The first kappa shape index (κ1) is 40.3. The van der Waals surface area contributed by atoms with Crippen LogP contribution in [-0.4, -0.2) is 39.1 Å². The molecule has 1 fully saturated rings. The smallest absolute Gasteiger partial charge is 0.349 e. The van der Waals surface area contributed by atoms with Gasteiger partial charge in [0, 0.05) is 30.6 Å². The van der Waals surface area contributed by atoms with E-state index in [9.17, 15) is 43.6 Å². The van der Waals surface area contributed by atoms with Crippen molar-refractivity contribution in [2.75, 3.05) is 0 Å². The third kappa shape index (κ3) is 8.41. The fourth-order valence-electron chi connectivity index (χ4n) is 6.75. The predicted octanol–water partition coefficient (Wildman–Crippen LogP) is 8.12. The third-order valence-corrected chi connectivity index (χ3v) is 13.8. The maximum atomic E-state index is 15.3. The van der Waals surface area contributed by atoms with Crippen LogP contribution >= 0.6 is 23.2 Å². The minimum atomic E-state index is -4.80. The molecule has 0 spiro atoms. The summed E-state index contributed by atoms with van der Waals surface area (Å²) in [5, 5.41) is 1.29. The molecule has 0 heterocycles. The summed E-state index contributed by atoms with van der Waals surface area (Å²) in [6, 6.07) is 5.01. The number of alkyl halides is 3. The monoisotopic (exact) mass is 813 g/mol. The number of benzene rings is 3. The number of carbonyl (C=O) groups is 1. The minimum Gasteiger partial charge on any atom is -0.349 e. The second-order valence-corrected chi connectivity index (χ2v) is 17.4. The Balaban J connectivity index is 1.32. The third-order valence-electron chi connectivity index (χ3n) is 9.33. The highest BCUT2D eigenvalue weighted by Crippen LogP contribution is 2.39. The van der Waals surface area contributed by atoms with Crippen LogP contribution in [0.5, 0.6) is 0 Å². The standard InChI is InChI=1S/C34H35Cl2F6N3O5S2/c1-18(44-51(47,48)27-16-22(34(40,41)42)11-13-25(27)35)14-28(46)43-26-9-5-6-21-15-20(10-12-24(21)26)17-45(23-7-3-4-8-23)52(49,50)33-29(36)32(39)30(37)19(2)31(33)38/h10-13,15-16,18,23,26,44H,3-9,14,17H2,1-2H3,(H,43,46). The summed E-state index contributed by atoms with van der Waals surface area (Å²) in [5.74, 6) is -5.22. The molecular formula is C34H35Cl2F6N3O5S2. The molecule has 2 unspecified atom stereocenters. The molecule has 2 atom stereocenters. The summed E-state index contributed by atoms with van der Waals surface area (Å²) >= 11 is 11.8. The average molecular weight is 815 g/mol. The van der Waals surface area contributed by atoms with E-state index < -0.39 is 98.7 Å². The summed E-state index contributed by atoms with van der Waals surface area (Å²) in [4.78, 5) is 11.2. The van der Waals surface area contributed by atoms with E-state index in [1.807, 2.05) is 0 Å². The maximum Gasteiger partial charge on any atom is 0.416 e. The van der Waals surface area contributed by atoms with Gasteiger partial charge < -0.3 is 5.32 Å². The number of rotatable bonds is 11. The van der Waals surface area contributed by atoms with Crippen LogP contribution in [0.3, 0.4) is 0 Å². The minimum absolute atomic E-state index is 0.210. The molecule has 18 heteroatoms. The van der Waals surface area contributed by atoms with Crippen molar-refractivity contribution in [1.29, 1.82) is 0 Å². The van der Waals surface area contributed by atoms with Crippen molar-refractivity contribution >= 4 is 49.2 Å². The zero-order valence-electron chi connectivity index (χ0n) is 27.9. The van der Waals surface area contributed by atoms with Crippen molar-refractivity contribution in [3.05, 3.63) is 91.7 Å². The summed E-state index contributed by atoms with van der Waals surface area (Å²) in [6.45, 7) is 2.10. The second-order valence-electron chi connectivity index (χ2n) is 13.1. The van der Waals surface area contributed by atoms with Crippen molar-refractivity contribution in [3.8, 4) is 0 Å². The van der Waals surface area contributed by atoms with E-state index in [2.05, 4.69) is 10.0 Å². The Labute approximate surface area is 308 Å². The largest absolute Gasteiger partial charge is 0.416 e. The molecule has 2 aliphatic rings. The molecule has 5 rings (SSSR count). The molecule has 3 aromatic rings. The van der Waals surface area contributed by atoms with Gasteiger partial charge in [-0.05, 0) is 80.8 Å². The van der Waals surface area contributed by atoms with Gasteiger partial charge in [-0.3, -0.25) is 4.79 Å². The number of aryl methyl sites for hydroxylation is 1. The highest BCUT2D eigenvalue weighted by molar-refractivity contribution is 7.89. The molecule has 1 saturated carbocycles. The molecule has 1 amide bonds. The lowest BCUT2D eigenvalue weighted by atomic mass is 9.86.